The minimum Gasteiger partial charge on any atom is -0.295 e. The highest BCUT2D eigenvalue weighted by Gasteiger charge is 1.90. The van der Waals surface area contributed by atoms with Gasteiger partial charge >= 0.3 is 0 Å². The largest absolute Gasteiger partial charge is 0.295 e. The summed E-state index contributed by atoms with van der Waals surface area (Å²) < 4.78 is 0. The Labute approximate surface area is 66.0 Å². The van der Waals surface area contributed by atoms with Crippen LogP contribution in [0.15, 0.2) is 42.7 Å². The van der Waals surface area contributed by atoms with E-state index in [0.29, 0.717) is 11.5 Å². The summed E-state index contributed by atoms with van der Waals surface area (Å²) in [7, 11) is 0. The lowest BCUT2D eigenvalue weighted by Gasteiger charge is -2.02. The first-order valence-corrected chi connectivity index (χ1v) is 3.34. The summed E-state index contributed by atoms with van der Waals surface area (Å²) in [5.74, 6) is 1.21. The standard InChI is InChI=1S/C9H10O2/c1-8(2)10-11-9-6-4-3-5-7-9/h3-7H,1H2,2H3. The summed E-state index contributed by atoms with van der Waals surface area (Å²) in [6.45, 7) is 5.25. The lowest BCUT2D eigenvalue weighted by Crippen LogP contribution is -1.92. The highest BCUT2D eigenvalue weighted by molar-refractivity contribution is 5.20. The van der Waals surface area contributed by atoms with Gasteiger partial charge < -0.3 is 0 Å². The zero-order valence-electron chi connectivity index (χ0n) is 6.41. The van der Waals surface area contributed by atoms with Gasteiger partial charge in [-0.25, -0.2) is 0 Å². The van der Waals surface area contributed by atoms with Gasteiger partial charge in [-0.2, -0.15) is 0 Å². The Kier molecular flexibility index (Phi) is 2.55. The van der Waals surface area contributed by atoms with E-state index < -0.39 is 0 Å². The number of rotatable bonds is 3. The van der Waals surface area contributed by atoms with Crippen LogP contribution in [0.25, 0.3) is 0 Å². The van der Waals surface area contributed by atoms with Gasteiger partial charge in [0.05, 0.1) is 0 Å². The molecule has 0 unspecified atom stereocenters. The van der Waals surface area contributed by atoms with Gasteiger partial charge in [-0.05, 0) is 19.1 Å². The maximum atomic E-state index is 4.87. The van der Waals surface area contributed by atoms with E-state index in [1.807, 2.05) is 30.3 Å². The van der Waals surface area contributed by atoms with Crippen molar-refractivity contribution < 1.29 is 9.78 Å². The molecule has 0 aliphatic carbocycles. The second kappa shape index (κ2) is 3.66. The predicted molar refractivity (Wildman–Crippen MR) is 43.0 cm³/mol. The number of hydrogen-bond donors (Lipinski definition) is 0. The van der Waals surface area contributed by atoms with E-state index in [-0.39, 0.29) is 0 Å². The fourth-order valence-electron chi connectivity index (χ4n) is 0.595. The van der Waals surface area contributed by atoms with Crippen molar-refractivity contribution in [2.24, 2.45) is 0 Å². The average molecular weight is 150 g/mol. The van der Waals surface area contributed by atoms with Gasteiger partial charge in [-0.3, -0.25) is 9.78 Å². The number of hydrogen-bond acceptors (Lipinski definition) is 2. The SMILES string of the molecule is C=C(C)OOc1ccccc1. The number of para-hydroxylation sites is 1. The Morgan fingerprint density at radius 3 is 2.45 bits per heavy atom. The summed E-state index contributed by atoms with van der Waals surface area (Å²) >= 11 is 0. The molecule has 2 heteroatoms. The van der Waals surface area contributed by atoms with E-state index in [4.69, 9.17) is 9.78 Å². The molecule has 0 radical (unpaired) electrons. The number of benzene rings is 1. The Morgan fingerprint density at radius 2 is 1.91 bits per heavy atom. The first-order chi connectivity index (χ1) is 5.29. The van der Waals surface area contributed by atoms with Gasteiger partial charge in [-0.1, -0.05) is 24.8 Å². The molecule has 0 bridgehead atoms. The monoisotopic (exact) mass is 150 g/mol. The van der Waals surface area contributed by atoms with E-state index >= 15 is 0 Å². The van der Waals surface area contributed by atoms with Crippen molar-refractivity contribution in [3.8, 4) is 5.75 Å². The molecule has 0 aliphatic rings. The fraction of sp³-hybridized carbons (Fsp3) is 0.111. The van der Waals surface area contributed by atoms with Crippen LogP contribution in [-0.2, 0) is 4.89 Å². The van der Waals surface area contributed by atoms with Gasteiger partial charge in [0.25, 0.3) is 0 Å². The van der Waals surface area contributed by atoms with Crippen molar-refractivity contribution in [2.75, 3.05) is 0 Å². The lowest BCUT2D eigenvalue weighted by molar-refractivity contribution is -0.164. The van der Waals surface area contributed by atoms with Gasteiger partial charge in [0, 0.05) is 0 Å². The third-order valence-corrected chi connectivity index (χ3v) is 1.02. The maximum absolute atomic E-state index is 4.87. The summed E-state index contributed by atoms with van der Waals surface area (Å²) in [6.07, 6.45) is 0. The molecule has 0 saturated heterocycles. The van der Waals surface area contributed by atoms with Crippen LogP contribution in [0.1, 0.15) is 6.92 Å². The van der Waals surface area contributed by atoms with E-state index in [1.54, 1.807) is 6.92 Å². The molecular formula is C9H10O2. The molecule has 0 atom stereocenters. The third-order valence-electron chi connectivity index (χ3n) is 1.02. The first kappa shape index (κ1) is 7.66. The van der Waals surface area contributed by atoms with Crippen molar-refractivity contribution in [3.05, 3.63) is 42.7 Å². The second-order valence-electron chi connectivity index (χ2n) is 2.18. The van der Waals surface area contributed by atoms with Gasteiger partial charge in [-0.15, -0.1) is 0 Å². The summed E-state index contributed by atoms with van der Waals surface area (Å²) in [5, 5.41) is 0. The zero-order chi connectivity index (χ0) is 8.10. The maximum Gasteiger partial charge on any atom is 0.178 e. The van der Waals surface area contributed by atoms with Crippen LogP contribution in [0, 0.1) is 0 Å². The van der Waals surface area contributed by atoms with E-state index in [1.165, 1.54) is 0 Å². The van der Waals surface area contributed by atoms with Crippen molar-refractivity contribution in [1.82, 2.24) is 0 Å². The van der Waals surface area contributed by atoms with E-state index in [2.05, 4.69) is 6.58 Å². The van der Waals surface area contributed by atoms with Crippen molar-refractivity contribution in [3.63, 3.8) is 0 Å². The normalized spacial score (nSPS) is 8.82. The molecule has 0 amide bonds. The van der Waals surface area contributed by atoms with Crippen LogP contribution in [0.3, 0.4) is 0 Å². The van der Waals surface area contributed by atoms with Crippen LogP contribution in [0.2, 0.25) is 0 Å². The highest BCUT2D eigenvalue weighted by Crippen LogP contribution is 2.09. The fourth-order valence-corrected chi connectivity index (χ4v) is 0.595. The first-order valence-electron chi connectivity index (χ1n) is 3.34. The van der Waals surface area contributed by atoms with E-state index in [0.717, 1.165) is 0 Å². The summed E-state index contributed by atoms with van der Waals surface area (Å²) in [6, 6.07) is 9.27. The van der Waals surface area contributed by atoms with E-state index in [9.17, 15) is 0 Å². The third kappa shape index (κ3) is 2.76. The molecule has 0 fully saturated rings. The van der Waals surface area contributed by atoms with Gasteiger partial charge in [0.2, 0.25) is 0 Å². The van der Waals surface area contributed by atoms with Gasteiger partial charge in [0.1, 0.15) is 5.76 Å². The Morgan fingerprint density at radius 1 is 1.27 bits per heavy atom. The van der Waals surface area contributed by atoms with Gasteiger partial charge in [0.15, 0.2) is 5.75 Å². The van der Waals surface area contributed by atoms with Crippen LogP contribution < -0.4 is 4.89 Å². The van der Waals surface area contributed by atoms with Crippen LogP contribution in [0.5, 0.6) is 5.75 Å². The average Bonchev–Trinajstić information content (AvgIpc) is 2.03. The Hall–Kier alpha value is -1.44. The minimum atomic E-state index is 0.536. The van der Waals surface area contributed by atoms with Crippen molar-refractivity contribution in [2.45, 2.75) is 6.92 Å². The van der Waals surface area contributed by atoms with Crippen LogP contribution in [-0.4, -0.2) is 0 Å². The molecule has 0 aromatic heterocycles. The molecule has 1 rings (SSSR count). The molecule has 2 nitrogen and oxygen atoms in total. The Balaban J connectivity index is 2.45. The minimum absolute atomic E-state index is 0.536. The molecule has 0 aliphatic heterocycles. The molecule has 1 aromatic carbocycles. The lowest BCUT2D eigenvalue weighted by atomic mass is 10.3. The molecule has 0 spiro atoms. The molecule has 1 aromatic rings. The smallest absolute Gasteiger partial charge is 0.178 e. The molecule has 0 heterocycles. The summed E-state index contributed by atoms with van der Waals surface area (Å²) in [4.78, 5) is 9.60. The molecule has 0 N–H and O–H groups in total. The van der Waals surface area contributed by atoms with Crippen LogP contribution >= 0.6 is 0 Å². The van der Waals surface area contributed by atoms with Crippen LogP contribution in [0.4, 0.5) is 0 Å². The molecule has 11 heavy (non-hydrogen) atoms. The van der Waals surface area contributed by atoms with Crippen molar-refractivity contribution >= 4 is 0 Å². The topological polar surface area (TPSA) is 18.5 Å². The second-order valence-corrected chi connectivity index (χ2v) is 2.18. The quantitative estimate of drug-likeness (QED) is 0.374. The molecule has 58 valence electrons. The number of allylic oxidation sites excluding steroid dienone is 1. The molecular weight excluding hydrogens is 140 g/mol. The predicted octanol–water partition coefficient (Wildman–Crippen LogP) is 2.53. The highest BCUT2D eigenvalue weighted by atomic mass is 17.2. The summed E-state index contributed by atoms with van der Waals surface area (Å²) in [5.41, 5.74) is 0. The molecule has 0 saturated carbocycles. The zero-order valence-corrected chi connectivity index (χ0v) is 6.41. The van der Waals surface area contributed by atoms with Crippen molar-refractivity contribution in [1.29, 1.82) is 0 Å². The Bertz CT molecular complexity index is 229.